The van der Waals surface area contributed by atoms with E-state index in [2.05, 4.69) is 16.8 Å². The van der Waals surface area contributed by atoms with Crippen LogP contribution in [-0.2, 0) is 4.74 Å². The molecular weight excluding hydrogens is 298 g/mol. The fraction of sp³-hybridized carbons (Fsp3) is 0.353. The largest absolute Gasteiger partial charge is 0.497 e. The highest BCUT2D eigenvalue weighted by molar-refractivity contribution is 7.10. The van der Waals surface area contributed by atoms with Gasteiger partial charge >= 0.3 is 0 Å². The van der Waals surface area contributed by atoms with Crippen molar-refractivity contribution in [1.82, 2.24) is 5.32 Å². The molecule has 116 valence electrons. The summed E-state index contributed by atoms with van der Waals surface area (Å²) in [4.78, 5) is 13.6. The molecule has 1 saturated heterocycles. The van der Waals surface area contributed by atoms with E-state index in [1.165, 1.54) is 4.88 Å². The van der Waals surface area contributed by atoms with Crippen molar-refractivity contribution in [2.24, 2.45) is 0 Å². The van der Waals surface area contributed by atoms with Crippen LogP contribution in [0.15, 0.2) is 41.8 Å². The van der Waals surface area contributed by atoms with Gasteiger partial charge in [0.15, 0.2) is 0 Å². The van der Waals surface area contributed by atoms with E-state index in [-0.39, 0.29) is 18.1 Å². The molecule has 0 bridgehead atoms. The van der Waals surface area contributed by atoms with Crippen LogP contribution in [0.3, 0.4) is 0 Å². The molecule has 0 saturated carbocycles. The summed E-state index contributed by atoms with van der Waals surface area (Å²) in [5.74, 6) is 0.631. The lowest BCUT2D eigenvalue weighted by atomic mass is 10.0. The molecule has 1 aromatic heterocycles. The molecule has 1 N–H and O–H groups in total. The molecule has 1 aliphatic rings. The molecule has 1 aliphatic heterocycles. The van der Waals surface area contributed by atoms with Crippen LogP contribution in [0.2, 0.25) is 0 Å². The van der Waals surface area contributed by atoms with Crippen LogP contribution in [0.5, 0.6) is 5.75 Å². The van der Waals surface area contributed by atoms with E-state index in [9.17, 15) is 4.79 Å². The molecule has 1 aromatic carbocycles. The molecule has 5 heteroatoms. The molecule has 4 nitrogen and oxygen atoms in total. The van der Waals surface area contributed by atoms with E-state index in [4.69, 9.17) is 9.47 Å². The maximum Gasteiger partial charge on any atom is 0.251 e. The minimum atomic E-state index is -0.0595. The summed E-state index contributed by atoms with van der Waals surface area (Å²) in [6.07, 6.45) is 1.75. The monoisotopic (exact) mass is 317 g/mol. The number of hydrogen-bond acceptors (Lipinski definition) is 4. The fourth-order valence-corrected chi connectivity index (χ4v) is 3.42. The summed E-state index contributed by atoms with van der Waals surface area (Å²) in [6.45, 7) is 0.672. The number of methoxy groups -OCH3 is 1. The fourth-order valence-electron chi connectivity index (χ4n) is 2.63. The molecule has 0 radical (unpaired) electrons. The zero-order valence-corrected chi connectivity index (χ0v) is 13.3. The average molecular weight is 317 g/mol. The van der Waals surface area contributed by atoms with Crippen molar-refractivity contribution in [3.63, 3.8) is 0 Å². The third-order valence-electron chi connectivity index (χ3n) is 3.81. The van der Waals surface area contributed by atoms with E-state index >= 15 is 0 Å². The first-order valence-corrected chi connectivity index (χ1v) is 8.24. The number of benzene rings is 1. The Kier molecular flexibility index (Phi) is 4.75. The normalized spacial score (nSPS) is 21.3. The second-order valence-electron chi connectivity index (χ2n) is 5.30. The number of ether oxygens (including phenoxy) is 2. The van der Waals surface area contributed by atoms with Crippen molar-refractivity contribution < 1.29 is 14.3 Å². The maximum absolute atomic E-state index is 12.4. The molecule has 0 unspecified atom stereocenters. The molecule has 2 atom stereocenters. The highest BCUT2D eigenvalue weighted by Gasteiger charge is 2.26. The van der Waals surface area contributed by atoms with Gasteiger partial charge in [-0.25, -0.2) is 0 Å². The van der Waals surface area contributed by atoms with E-state index in [0.717, 1.165) is 12.8 Å². The second-order valence-corrected chi connectivity index (χ2v) is 6.28. The Hall–Kier alpha value is -1.85. The van der Waals surface area contributed by atoms with E-state index in [0.29, 0.717) is 17.9 Å². The number of nitrogens with one attached hydrogen (secondary N) is 1. The average Bonchev–Trinajstić information content (AvgIpc) is 3.10. The Bertz CT molecular complexity index is 627. The van der Waals surface area contributed by atoms with Gasteiger partial charge < -0.3 is 14.8 Å². The van der Waals surface area contributed by atoms with Crippen LogP contribution in [0, 0.1) is 0 Å². The zero-order valence-electron chi connectivity index (χ0n) is 12.5. The molecule has 22 heavy (non-hydrogen) atoms. The van der Waals surface area contributed by atoms with Gasteiger partial charge in [-0.15, -0.1) is 11.3 Å². The second kappa shape index (κ2) is 6.94. The Morgan fingerprint density at radius 1 is 1.36 bits per heavy atom. The van der Waals surface area contributed by atoms with Crippen molar-refractivity contribution >= 4 is 17.2 Å². The molecule has 0 spiro atoms. The first-order valence-electron chi connectivity index (χ1n) is 7.36. The Labute approximate surface area is 134 Å². The Morgan fingerprint density at radius 2 is 2.27 bits per heavy atom. The quantitative estimate of drug-likeness (QED) is 0.940. The molecule has 3 rings (SSSR count). The molecule has 1 amide bonds. The number of amides is 1. The number of carbonyl (C=O) groups is 1. The van der Waals surface area contributed by atoms with Crippen LogP contribution in [0.1, 0.15) is 34.2 Å². The third kappa shape index (κ3) is 3.48. The number of carbonyl (C=O) groups excluding carboxylic acids is 1. The zero-order chi connectivity index (χ0) is 15.4. The van der Waals surface area contributed by atoms with Gasteiger partial charge in [0, 0.05) is 23.1 Å². The van der Waals surface area contributed by atoms with Gasteiger partial charge in [-0.3, -0.25) is 4.79 Å². The van der Waals surface area contributed by atoms with Crippen LogP contribution >= 0.6 is 11.3 Å². The highest BCUT2D eigenvalue weighted by Crippen LogP contribution is 2.31. The van der Waals surface area contributed by atoms with Gasteiger partial charge in [0.25, 0.3) is 5.91 Å². The smallest absolute Gasteiger partial charge is 0.251 e. The van der Waals surface area contributed by atoms with Crippen LogP contribution in [0.25, 0.3) is 0 Å². The lowest BCUT2D eigenvalue weighted by Gasteiger charge is -2.29. The van der Waals surface area contributed by atoms with Crippen LogP contribution in [-0.4, -0.2) is 25.7 Å². The topological polar surface area (TPSA) is 47.6 Å². The van der Waals surface area contributed by atoms with Gasteiger partial charge in [0.1, 0.15) is 5.75 Å². The Balaban J connectivity index is 1.63. The van der Waals surface area contributed by atoms with Gasteiger partial charge in [-0.05, 0) is 42.5 Å². The molecular formula is C17H19NO3S. The van der Waals surface area contributed by atoms with Gasteiger partial charge in [0.05, 0.1) is 13.2 Å². The minimum absolute atomic E-state index is 0.0595. The van der Waals surface area contributed by atoms with Gasteiger partial charge in [-0.2, -0.15) is 0 Å². The number of rotatable bonds is 4. The SMILES string of the molecule is COc1cccc(C(=O)N[C@@H]2CCO[C@@H](c3cccs3)C2)c1. The van der Waals surface area contributed by atoms with Crippen LogP contribution in [0.4, 0.5) is 0 Å². The van der Waals surface area contributed by atoms with Gasteiger partial charge in [0.2, 0.25) is 0 Å². The third-order valence-corrected chi connectivity index (χ3v) is 4.78. The van der Waals surface area contributed by atoms with Crippen molar-refractivity contribution in [2.45, 2.75) is 25.0 Å². The van der Waals surface area contributed by atoms with Crippen molar-refractivity contribution in [1.29, 1.82) is 0 Å². The predicted molar refractivity (Wildman–Crippen MR) is 86.5 cm³/mol. The van der Waals surface area contributed by atoms with E-state index < -0.39 is 0 Å². The number of hydrogen-bond donors (Lipinski definition) is 1. The maximum atomic E-state index is 12.4. The van der Waals surface area contributed by atoms with Gasteiger partial charge in [-0.1, -0.05) is 12.1 Å². The highest BCUT2D eigenvalue weighted by atomic mass is 32.1. The first-order chi connectivity index (χ1) is 10.8. The van der Waals surface area contributed by atoms with E-state index in [1.807, 2.05) is 18.2 Å². The summed E-state index contributed by atoms with van der Waals surface area (Å²) in [5, 5.41) is 5.16. The summed E-state index contributed by atoms with van der Waals surface area (Å²) < 4.78 is 11.0. The summed E-state index contributed by atoms with van der Waals surface area (Å²) in [6, 6.07) is 11.5. The molecule has 1 fully saturated rings. The summed E-state index contributed by atoms with van der Waals surface area (Å²) >= 11 is 1.70. The predicted octanol–water partition coefficient (Wildman–Crippen LogP) is 3.41. The standard InChI is InChI=1S/C17H19NO3S/c1-20-14-5-2-4-12(10-14)17(19)18-13-7-8-21-15(11-13)16-6-3-9-22-16/h2-6,9-10,13,15H,7-8,11H2,1H3,(H,18,19)/t13-,15-/m1/s1. The Morgan fingerprint density at radius 3 is 3.05 bits per heavy atom. The van der Waals surface area contributed by atoms with Crippen LogP contribution < -0.4 is 10.1 Å². The van der Waals surface area contributed by atoms with E-state index in [1.54, 1.807) is 30.6 Å². The summed E-state index contributed by atoms with van der Waals surface area (Å²) in [7, 11) is 1.60. The van der Waals surface area contributed by atoms with Crippen molar-refractivity contribution in [3.8, 4) is 5.75 Å². The van der Waals surface area contributed by atoms with Crippen molar-refractivity contribution in [2.75, 3.05) is 13.7 Å². The lowest BCUT2D eigenvalue weighted by molar-refractivity contribution is 0.00297. The minimum Gasteiger partial charge on any atom is -0.497 e. The molecule has 2 heterocycles. The summed E-state index contributed by atoms with van der Waals surface area (Å²) in [5.41, 5.74) is 0.624. The molecule has 2 aromatic rings. The first kappa shape index (κ1) is 15.1. The number of thiophene rings is 1. The van der Waals surface area contributed by atoms with Crippen molar-refractivity contribution in [3.05, 3.63) is 52.2 Å². The molecule has 0 aliphatic carbocycles. The lowest BCUT2D eigenvalue weighted by Crippen LogP contribution is -2.39.